The Hall–Kier alpha value is -2.95. The van der Waals surface area contributed by atoms with Gasteiger partial charge < -0.3 is 184 Å². The summed E-state index contributed by atoms with van der Waals surface area (Å²) < 4.78 is 81.4. The Labute approximate surface area is 510 Å². The van der Waals surface area contributed by atoms with Crippen LogP contribution in [-0.2, 0) is 80.7 Å². The van der Waals surface area contributed by atoms with Gasteiger partial charge in [-0.3, -0.25) is 14.4 Å². The number of hydrogen-bond acceptors (Lipinski definition) is 37. The molecule has 0 aromatic rings. The van der Waals surface area contributed by atoms with Crippen molar-refractivity contribution in [3.05, 3.63) is 0 Å². The first kappa shape index (κ1) is 74.4. The third-order valence-electron chi connectivity index (χ3n) is 16.3. The van der Waals surface area contributed by atoms with Gasteiger partial charge in [-0.05, 0) is 6.92 Å². The Morgan fingerprint density at radius 1 is 0.389 bits per heavy atom. The van der Waals surface area contributed by atoms with Gasteiger partial charge in [0.15, 0.2) is 44.0 Å². The summed E-state index contributed by atoms with van der Waals surface area (Å²) >= 11 is 0. The number of carbonyl (C=O) groups is 3. The lowest BCUT2D eigenvalue weighted by molar-refractivity contribution is -0.387. The topological polar surface area (TPSA) is 621 Å². The molecule has 0 spiro atoms. The van der Waals surface area contributed by atoms with E-state index < -0.39 is 286 Å². The van der Waals surface area contributed by atoms with Crippen molar-refractivity contribution in [2.45, 2.75) is 242 Å². The smallest absolute Gasteiger partial charge is 0.217 e. The number of aliphatic hydroxyl groups excluding tert-OH is 20. The summed E-state index contributed by atoms with van der Waals surface area (Å²) in [4.78, 5) is 36.5. The van der Waals surface area contributed by atoms with Gasteiger partial charge in [0.05, 0.1) is 65.0 Å². The average Bonchev–Trinajstić information content (AvgIpc) is 1.12. The second-order valence-electron chi connectivity index (χ2n) is 22.5. The molecule has 0 bridgehead atoms. The van der Waals surface area contributed by atoms with Crippen molar-refractivity contribution in [1.29, 1.82) is 0 Å². The van der Waals surface area contributed by atoms with Crippen LogP contribution in [-0.4, -0.2) is 394 Å². The SMILES string of the molecule is CC(=O)N[C@H]1[C@H](O[C@H]2[C@@H](O)[C@@H](CO)O[C@H](O[C@@H]3[C@H](O)[C@@H](O)[C@H](O[C@H]4[C@H](O)[C@@H](O)[C@H](OC[C@@H](CO)NC=O)O[C@@H]4CO)O[C@@H]3CO)[C@@H]2O)O[C@H](CO[C@@H]2O[C@H](CO)[C@@H](O[C@@H]3O[C@H](CO)[C@H](O)[C@H](O)[C@H]3O)[C@H](O[C@@H]3O[C@@H](C)[C@@H](O)[C@@H](O)[C@@H]3O)[C@H]2NC(C)=O)[C@H](O)[C@@H]1O. The highest BCUT2D eigenvalue weighted by Crippen LogP contribution is 2.38. The Bertz CT molecular complexity index is 2220. The maximum absolute atomic E-state index is 13.0. The molecule has 0 unspecified atom stereocenters. The largest absolute Gasteiger partial charge is 0.394 e. The van der Waals surface area contributed by atoms with Crippen molar-refractivity contribution in [2.24, 2.45) is 0 Å². The molecule has 0 radical (unpaired) electrons. The molecule has 0 saturated carbocycles. The third kappa shape index (κ3) is 16.6. The number of hydrogen-bond donors (Lipinski definition) is 23. The molecule has 3 amide bonds. The molecule has 40 heteroatoms. The molecule has 0 aromatic carbocycles. The average molecular weight is 1320 g/mol. The molecule has 7 heterocycles. The zero-order chi connectivity index (χ0) is 66.3. The van der Waals surface area contributed by atoms with E-state index in [1.807, 2.05) is 0 Å². The van der Waals surface area contributed by atoms with E-state index in [4.69, 9.17) is 66.3 Å². The van der Waals surface area contributed by atoms with Gasteiger partial charge in [0.1, 0.15) is 165 Å². The Morgan fingerprint density at radius 2 is 0.789 bits per heavy atom. The van der Waals surface area contributed by atoms with Crippen molar-refractivity contribution in [1.82, 2.24) is 16.0 Å². The predicted molar refractivity (Wildman–Crippen MR) is 277 cm³/mol. The predicted octanol–water partition coefficient (Wildman–Crippen LogP) is -15.8. The molecule has 7 rings (SSSR count). The molecular formula is C50H85N3O37. The number of carbonyl (C=O) groups excluding carboxylic acids is 3. The minimum atomic E-state index is -2.28. The van der Waals surface area contributed by atoms with Crippen LogP contribution in [0.25, 0.3) is 0 Å². The number of amides is 3. The van der Waals surface area contributed by atoms with Gasteiger partial charge in [0.2, 0.25) is 18.2 Å². The zero-order valence-corrected chi connectivity index (χ0v) is 48.4. The fraction of sp³-hybridized carbons (Fsp3) is 0.940. The quantitative estimate of drug-likeness (QED) is 0.0358. The van der Waals surface area contributed by atoms with Crippen molar-refractivity contribution in [2.75, 3.05) is 52.9 Å². The lowest BCUT2D eigenvalue weighted by Gasteiger charge is -2.50. The van der Waals surface area contributed by atoms with Crippen LogP contribution in [0, 0.1) is 0 Å². The van der Waals surface area contributed by atoms with E-state index in [1.54, 1.807) is 0 Å². The molecule has 7 saturated heterocycles. The number of nitrogens with one attached hydrogen (secondary N) is 3. The Kier molecular flexibility index (Phi) is 27.4. The van der Waals surface area contributed by atoms with Crippen molar-refractivity contribution in [3.63, 3.8) is 0 Å². The molecule has 90 heavy (non-hydrogen) atoms. The van der Waals surface area contributed by atoms with Crippen molar-refractivity contribution < 1.29 is 183 Å². The minimum Gasteiger partial charge on any atom is -0.394 e. The maximum atomic E-state index is 13.0. The van der Waals surface area contributed by atoms with Crippen LogP contribution in [0.1, 0.15) is 20.8 Å². The van der Waals surface area contributed by atoms with Crippen LogP contribution in [0.4, 0.5) is 0 Å². The zero-order valence-electron chi connectivity index (χ0n) is 48.4. The summed E-state index contributed by atoms with van der Waals surface area (Å²) in [7, 11) is 0. The fourth-order valence-electron chi connectivity index (χ4n) is 11.2. The van der Waals surface area contributed by atoms with Gasteiger partial charge in [-0.25, -0.2) is 0 Å². The number of aliphatic hydroxyl groups is 20. The normalized spacial score (nSPS) is 48.1. The Morgan fingerprint density at radius 3 is 1.32 bits per heavy atom. The fourth-order valence-corrected chi connectivity index (χ4v) is 11.2. The summed E-state index contributed by atoms with van der Waals surface area (Å²) in [5.41, 5.74) is 0. The highest BCUT2D eigenvalue weighted by molar-refractivity contribution is 5.73. The standard InChI is InChI=1S/C50H85N3O37/c1-13-25(63)30(68)34(72)47(79-13)89-42-24(53-15(3)62)44(82-21(9-59)41(42)88-48-35(73)31(69)26(64)17(5-55)80-48)78-11-22-27(65)29(67)23(52-14(2)61)45(85-22)90-43-28(66)18(6-56)81-50(38(43)76)87-40-20(8-58)84-49(37(75)33(40)71)86-39-19(7-57)83-46(36(74)32(39)70)77-10-16(4-54)51-12-60/h12-13,16-50,54-59,63-76H,4-11H2,1-3H3,(H,51,60)(H,52,61)(H,53,62)/t13-,16+,17+,18+,19+,20+,21+,22+,23+,24+,25+,26-,27-,28-,29+,30+,31-,32+,33+,34-,35+,36+,37+,38+,39+,40-,41+,42+,43-,44+,45-,46+,47-,48-,49-,50+/m0/s1. The van der Waals surface area contributed by atoms with Gasteiger partial charge in [-0.2, -0.15) is 0 Å². The second kappa shape index (κ2) is 33.1. The molecule has 7 aliphatic heterocycles. The molecular weight excluding hydrogens is 1230 g/mol. The lowest BCUT2D eigenvalue weighted by atomic mass is 9.94. The monoisotopic (exact) mass is 1320 g/mol. The number of ether oxygens (including phenoxy) is 14. The molecule has 0 aromatic heterocycles. The van der Waals surface area contributed by atoms with E-state index in [9.17, 15) is 117 Å². The van der Waals surface area contributed by atoms with Crippen LogP contribution >= 0.6 is 0 Å². The summed E-state index contributed by atoms with van der Waals surface area (Å²) in [5.74, 6) is -1.73. The second-order valence-corrected chi connectivity index (χ2v) is 22.5. The molecule has 7 fully saturated rings. The van der Waals surface area contributed by atoms with E-state index in [0.29, 0.717) is 0 Å². The van der Waals surface area contributed by atoms with Crippen molar-refractivity contribution in [3.8, 4) is 0 Å². The molecule has 40 nitrogen and oxygen atoms in total. The first-order valence-corrected chi connectivity index (χ1v) is 28.7. The van der Waals surface area contributed by atoms with E-state index >= 15 is 0 Å². The van der Waals surface area contributed by atoms with Gasteiger partial charge in [-0.15, -0.1) is 0 Å². The minimum absolute atomic E-state index is 0.272. The van der Waals surface area contributed by atoms with Crippen LogP contribution in [0.2, 0.25) is 0 Å². The van der Waals surface area contributed by atoms with E-state index in [1.165, 1.54) is 6.92 Å². The van der Waals surface area contributed by atoms with Crippen LogP contribution in [0.5, 0.6) is 0 Å². The van der Waals surface area contributed by atoms with Crippen LogP contribution in [0.15, 0.2) is 0 Å². The van der Waals surface area contributed by atoms with Crippen molar-refractivity contribution >= 4 is 18.2 Å². The summed E-state index contributed by atoms with van der Waals surface area (Å²) in [6.45, 7) is -3.71. The number of rotatable bonds is 26. The first-order chi connectivity index (χ1) is 42.7. The molecule has 23 N–H and O–H groups in total. The highest BCUT2D eigenvalue weighted by atomic mass is 16.8. The van der Waals surface area contributed by atoms with Gasteiger partial charge in [0.25, 0.3) is 0 Å². The lowest BCUT2D eigenvalue weighted by Crippen LogP contribution is -2.70. The summed E-state index contributed by atoms with van der Waals surface area (Å²) in [6, 6.07) is -4.52. The van der Waals surface area contributed by atoms with E-state index in [0.717, 1.165) is 13.8 Å². The Balaban J connectivity index is 1.09. The third-order valence-corrected chi connectivity index (χ3v) is 16.3. The molecule has 36 atom stereocenters. The molecule has 7 aliphatic rings. The summed E-state index contributed by atoms with van der Waals surface area (Å²) in [5, 5.41) is 224. The van der Waals surface area contributed by atoms with Gasteiger partial charge >= 0.3 is 0 Å². The first-order valence-electron chi connectivity index (χ1n) is 28.7. The summed E-state index contributed by atoms with van der Waals surface area (Å²) in [6.07, 6.45) is -62.8. The van der Waals surface area contributed by atoms with Crippen LogP contribution < -0.4 is 16.0 Å². The van der Waals surface area contributed by atoms with Gasteiger partial charge in [0, 0.05) is 13.8 Å². The maximum Gasteiger partial charge on any atom is 0.217 e. The molecule has 0 aliphatic carbocycles. The highest BCUT2D eigenvalue weighted by Gasteiger charge is 2.59. The van der Waals surface area contributed by atoms with Crippen LogP contribution in [0.3, 0.4) is 0 Å². The van der Waals surface area contributed by atoms with E-state index in [-0.39, 0.29) is 6.41 Å². The van der Waals surface area contributed by atoms with Gasteiger partial charge in [-0.1, -0.05) is 0 Å². The molecule has 522 valence electrons. The van der Waals surface area contributed by atoms with E-state index in [2.05, 4.69) is 16.0 Å².